The molecule has 0 saturated carbocycles. The van der Waals surface area contributed by atoms with Gasteiger partial charge in [-0.2, -0.15) is 14.9 Å². The number of nitro benzene ring substituents is 1. The molecule has 1 aromatic carbocycles. The molecule has 1 heterocycles. The second-order valence-electron chi connectivity index (χ2n) is 8.34. The van der Waals surface area contributed by atoms with Gasteiger partial charge in [-0.25, -0.2) is 0 Å². The van der Waals surface area contributed by atoms with Crippen LogP contribution < -0.4 is 0 Å². The van der Waals surface area contributed by atoms with Crippen molar-refractivity contribution in [2.45, 2.75) is 96.8 Å². The van der Waals surface area contributed by atoms with Gasteiger partial charge in [-0.05, 0) is 36.3 Å². The molecule has 2 rings (SSSR count). The minimum Gasteiger partial charge on any atom is -0.258 e. The Hall–Kier alpha value is -2.35. The van der Waals surface area contributed by atoms with E-state index in [9.17, 15) is 10.1 Å². The van der Waals surface area contributed by atoms with Crippen molar-refractivity contribution in [1.82, 2.24) is 14.9 Å². The molecular weight excluding hydrogens is 422 g/mol. The van der Waals surface area contributed by atoms with Crippen LogP contribution in [0.5, 0.6) is 0 Å². The number of unbranched alkanes of at least 4 members (excludes halogenated alkanes) is 12. The number of aromatic nitrogens is 3. The Morgan fingerprint density at radius 2 is 1.50 bits per heavy atom. The van der Waals surface area contributed by atoms with E-state index in [0.717, 1.165) is 24.2 Å². The number of H-pyrrole nitrogens is 1. The van der Waals surface area contributed by atoms with Crippen LogP contribution in [0.15, 0.2) is 29.4 Å². The summed E-state index contributed by atoms with van der Waals surface area (Å²) in [6, 6.07) is 6.25. The smallest absolute Gasteiger partial charge is 0.258 e. The largest absolute Gasteiger partial charge is 0.269 e. The lowest BCUT2D eigenvalue weighted by atomic mass is 10.0. The maximum atomic E-state index is 10.8. The van der Waals surface area contributed by atoms with E-state index in [-0.39, 0.29) is 5.69 Å². The van der Waals surface area contributed by atoms with Crippen molar-refractivity contribution in [1.29, 1.82) is 0 Å². The molecule has 0 atom stereocenters. The number of nitrogens with zero attached hydrogens (tertiary/aromatic N) is 4. The van der Waals surface area contributed by atoms with Crippen LogP contribution in [-0.4, -0.2) is 26.0 Å². The van der Waals surface area contributed by atoms with Gasteiger partial charge in [0.2, 0.25) is 4.77 Å². The van der Waals surface area contributed by atoms with E-state index < -0.39 is 4.92 Å². The van der Waals surface area contributed by atoms with Crippen LogP contribution in [0.1, 0.15) is 102 Å². The molecule has 8 heteroatoms. The molecule has 0 bridgehead atoms. The zero-order valence-corrected chi connectivity index (χ0v) is 20.1. The fourth-order valence-electron chi connectivity index (χ4n) is 3.71. The molecule has 0 spiro atoms. The highest BCUT2D eigenvalue weighted by Crippen LogP contribution is 2.14. The van der Waals surface area contributed by atoms with Crippen LogP contribution in [0.3, 0.4) is 0 Å². The van der Waals surface area contributed by atoms with Gasteiger partial charge in [-0.15, -0.1) is 0 Å². The number of rotatable bonds is 17. The first-order chi connectivity index (χ1) is 15.6. The Kier molecular flexibility index (Phi) is 12.5. The van der Waals surface area contributed by atoms with Crippen LogP contribution >= 0.6 is 12.2 Å². The second kappa shape index (κ2) is 15.5. The van der Waals surface area contributed by atoms with Gasteiger partial charge in [0.1, 0.15) is 0 Å². The van der Waals surface area contributed by atoms with Crippen LogP contribution in [0, 0.1) is 14.9 Å². The number of benzene rings is 1. The molecule has 176 valence electrons. The molecule has 0 saturated heterocycles. The molecule has 32 heavy (non-hydrogen) atoms. The maximum absolute atomic E-state index is 10.8. The molecule has 2 aromatic rings. The summed E-state index contributed by atoms with van der Waals surface area (Å²) in [6.07, 6.45) is 19.7. The predicted octanol–water partition coefficient (Wildman–Crippen LogP) is 7.36. The summed E-state index contributed by atoms with van der Waals surface area (Å²) in [5.74, 6) is 0.816. The van der Waals surface area contributed by atoms with Crippen LogP contribution in [-0.2, 0) is 6.42 Å². The zero-order valence-electron chi connectivity index (χ0n) is 19.3. The highest BCUT2D eigenvalue weighted by Gasteiger charge is 2.06. The Morgan fingerprint density at radius 3 is 2.03 bits per heavy atom. The topological polar surface area (TPSA) is 89.1 Å². The summed E-state index contributed by atoms with van der Waals surface area (Å²) in [4.78, 5) is 10.3. The Labute approximate surface area is 196 Å². The second-order valence-corrected chi connectivity index (χ2v) is 8.73. The third-order valence-electron chi connectivity index (χ3n) is 5.65. The van der Waals surface area contributed by atoms with Crippen LogP contribution in [0.2, 0.25) is 0 Å². The summed E-state index contributed by atoms with van der Waals surface area (Å²) in [6.45, 7) is 2.27. The zero-order chi connectivity index (χ0) is 23.0. The molecular formula is C24H37N5O2S. The molecule has 0 aliphatic carbocycles. The minimum atomic E-state index is -0.416. The molecule has 1 N–H and O–H groups in total. The van der Waals surface area contributed by atoms with E-state index in [1.54, 1.807) is 23.0 Å². The van der Waals surface area contributed by atoms with E-state index in [0.29, 0.717) is 4.77 Å². The molecule has 0 unspecified atom stereocenters. The van der Waals surface area contributed by atoms with E-state index in [2.05, 4.69) is 22.2 Å². The highest BCUT2D eigenvalue weighted by atomic mass is 32.1. The predicted molar refractivity (Wildman–Crippen MR) is 133 cm³/mol. The first-order valence-corrected chi connectivity index (χ1v) is 12.5. The number of nitrogens with one attached hydrogen (secondary N) is 1. The summed E-state index contributed by atoms with van der Waals surface area (Å²) in [5.41, 5.74) is 0.829. The molecule has 7 nitrogen and oxygen atoms in total. The van der Waals surface area contributed by atoms with E-state index in [1.165, 1.54) is 89.2 Å². The minimum absolute atomic E-state index is 0.0603. The summed E-state index contributed by atoms with van der Waals surface area (Å²) in [5, 5.41) is 22.3. The Balaban J connectivity index is 1.62. The first kappa shape index (κ1) is 25.9. The van der Waals surface area contributed by atoms with E-state index in [1.807, 2.05) is 0 Å². The summed E-state index contributed by atoms with van der Waals surface area (Å²) < 4.78 is 2.09. The average Bonchev–Trinajstić information content (AvgIpc) is 3.15. The lowest BCUT2D eigenvalue weighted by molar-refractivity contribution is -0.384. The first-order valence-electron chi connectivity index (χ1n) is 12.1. The number of aryl methyl sites for hydroxylation is 1. The van der Waals surface area contributed by atoms with Crippen molar-refractivity contribution < 1.29 is 4.92 Å². The quantitative estimate of drug-likeness (QED) is 0.0879. The summed E-state index contributed by atoms with van der Waals surface area (Å²) >= 11 is 5.29. The number of aromatic amines is 1. The standard InChI is InChI=1S/C24H37N5O2S/c1-2-3-4-5-6-7-8-9-10-11-12-13-14-15-23-26-27-24(32)28(23)25-20-21-16-18-22(19-17-21)29(30)31/h16-20H,2-15H2,1H3,(H,27,32)/b25-20-. The number of nitro groups is 1. The van der Waals surface area contributed by atoms with Crippen molar-refractivity contribution in [3.8, 4) is 0 Å². The Morgan fingerprint density at radius 1 is 0.969 bits per heavy atom. The SMILES string of the molecule is CCCCCCCCCCCCCCCc1n[nH]c(=S)n1/N=C\c1ccc([N+](=O)[O-])cc1. The van der Waals surface area contributed by atoms with E-state index in [4.69, 9.17) is 12.2 Å². The monoisotopic (exact) mass is 459 g/mol. The van der Waals surface area contributed by atoms with Crippen molar-refractivity contribution in [3.05, 3.63) is 50.5 Å². The number of hydrogen-bond acceptors (Lipinski definition) is 5. The fraction of sp³-hybridized carbons (Fsp3) is 0.625. The summed E-state index contributed by atoms with van der Waals surface area (Å²) in [7, 11) is 0. The van der Waals surface area contributed by atoms with Crippen LogP contribution in [0.25, 0.3) is 0 Å². The van der Waals surface area contributed by atoms with Crippen LogP contribution in [0.4, 0.5) is 5.69 Å². The average molecular weight is 460 g/mol. The normalized spacial score (nSPS) is 11.4. The third kappa shape index (κ3) is 9.85. The van der Waals surface area contributed by atoms with Gasteiger partial charge in [-0.1, -0.05) is 84.0 Å². The molecule has 0 fully saturated rings. The molecule has 1 aromatic heterocycles. The van der Waals surface area contributed by atoms with Gasteiger partial charge in [0.15, 0.2) is 5.82 Å². The lowest BCUT2D eigenvalue weighted by Gasteiger charge is -2.03. The molecule has 0 aliphatic rings. The molecule has 0 radical (unpaired) electrons. The highest BCUT2D eigenvalue weighted by molar-refractivity contribution is 7.71. The number of non-ortho nitro benzene ring substituents is 1. The van der Waals surface area contributed by atoms with Gasteiger partial charge < -0.3 is 0 Å². The van der Waals surface area contributed by atoms with Gasteiger partial charge in [0.25, 0.3) is 5.69 Å². The third-order valence-corrected chi connectivity index (χ3v) is 5.91. The van der Waals surface area contributed by atoms with E-state index >= 15 is 0 Å². The molecule has 0 amide bonds. The van der Waals surface area contributed by atoms with Crippen molar-refractivity contribution in [2.75, 3.05) is 0 Å². The van der Waals surface area contributed by atoms with Gasteiger partial charge in [0, 0.05) is 18.6 Å². The lowest BCUT2D eigenvalue weighted by Crippen LogP contribution is -1.99. The van der Waals surface area contributed by atoms with Gasteiger partial charge >= 0.3 is 0 Å². The molecule has 0 aliphatic heterocycles. The van der Waals surface area contributed by atoms with Gasteiger partial charge in [0.05, 0.1) is 11.1 Å². The van der Waals surface area contributed by atoms with Crippen molar-refractivity contribution in [3.63, 3.8) is 0 Å². The van der Waals surface area contributed by atoms with Gasteiger partial charge in [-0.3, -0.25) is 15.2 Å². The maximum Gasteiger partial charge on any atom is 0.269 e. The fourth-order valence-corrected chi connectivity index (χ4v) is 3.91. The van der Waals surface area contributed by atoms with Crippen molar-refractivity contribution in [2.24, 2.45) is 5.10 Å². The number of hydrogen-bond donors (Lipinski definition) is 1. The van der Waals surface area contributed by atoms with Crippen molar-refractivity contribution >= 4 is 24.1 Å². The Bertz CT molecular complexity index is 873.